The lowest BCUT2D eigenvalue weighted by molar-refractivity contribution is 0.773. The minimum Gasteiger partial charge on any atom is -0.232 e. The van der Waals surface area contributed by atoms with Crippen LogP contribution in [-0.2, 0) is 0 Å². The van der Waals surface area contributed by atoms with E-state index in [2.05, 4.69) is 9.97 Å². The van der Waals surface area contributed by atoms with Crippen molar-refractivity contribution in [3.63, 3.8) is 0 Å². The van der Waals surface area contributed by atoms with Gasteiger partial charge in [-0.15, -0.1) is 0 Å². The van der Waals surface area contributed by atoms with Gasteiger partial charge in [0.1, 0.15) is 11.0 Å². The zero-order valence-corrected chi connectivity index (χ0v) is 13.0. The van der Waals surface area contributed by atoms with Crippen LogP contribution in [0.15, 0.2) is 18.2 Å². The summed E-state index contributed by atoms with van der Waals surface area (Å²) in [6.07, 6.45) is 0. The Bertz CT molecular complexity index is 622. The molecule has 0 unspecified atom stereocenters. The zero-order chi connectivity index (χ0) is 14.2. The second kappa shape index (κ2) is 5.48. The molecule has 4 heteroatoms. The Kier molecular flexibility index (Phi) is 4.12. The van der Waals surface area contributed by atoms with Gasteiger partial charge in [0.15, 0.2) is 0 Å². The molecule has 1 aromatic heterocycles. The van der Waals surface area contributed by atoms with Crippen LogP contribution in [0.3, 0.4) is 0 Å². The minimum atomic E-state index is 0.234. The lowest BCUT2D eigenvalue weighted by Gasteiger charge is -2.12. The summed E-state index contributed by atoms with van der Waals surface area (Å²) >= 11 is 12.4. The average Bonchev–Trinajstić information content (AvgIpc) is 2.35. The quantitative estimate of drug-likeness (QED) is 0.712. The molecule has 2 aromatic rings. The highest BCUT2D eigenvalue weighted by Crippen LogP contribution is 2.30. The van der Waals surface area contributed by atoms with E-state index in [1.165, 1.54) is 0 Å². The maximum absolute atomic E-state index is 6.20. The van der Waals surface area contributed by atoms with Crippen LogP contribution in [-0.4, -0.2) is 9.97 Å². The van der Waals surface area contributed by atoms with Gasteiger partial charge in [0.25, 0.3) is 0 Å². The molecule has 0 atom stereocenters. The number of rotatable bonds is 2. The van der Waals surface area contributed by atoms with Crippen molar-refractivity contribution in [3.05, 3.63) is 45.3 Å². The van der Waals surface area contributed by atoms with Crippen LogP contribution >= 0.6 is 23.2 Å². The first-order valence-corrected chi connectivity index (χ1v) is 6.96. The van der Waals surface area contributed by atoms with E-state index in [9.17, 15) is 0 Å². The normalized spacial score (nSPS) is 11.1. The smallest absolute Gasteiger partial charge is 0.136 e. The van der Waals surface area contributed by atoms with Crippen LogP contribution in [0.4, 0.5) is 0 Å². The van der Waals surface area contributed by atoms with Gasteiger partial charge in [-0.25, -0.2) is 9.97 Å². The summed E-state index contributed by atoms with van der Waals surface area (Å²) in [6.45, 7) is 8.00. The molecule has 0 N–H and O–H groups in total. The van der Waals surface area contributed by atoms with Crippen LogP contribution in [0.25, 0.3) is 11.3 Å². The Morgan fingerprint density at radius 3 is 2.32 bits per heavy atom. The number of nitrogens with zero attached hydrogens (tertiary/aromatic N) is 2. The van der Waals surface area contributed by atoms with Crippen molar-refractivity contribution in [2.24, 2.45) is 0 Å². The maximum atomic E-state index is 6.20. The molecule has 0 saturated heterocycles. The minimum absolute atomic E-state index is 0.234. The topological polar surface area (TPSA) is 25.8 Å². The van der Waals surface area contributed by atoms with Gasteiger partial charge in [0.2, 0.25) is 0 Å². The van der Waals surface area contributed by atoms with Crippen LogP contribution in [0.1, 0.15) is 36.7 Å². The van der Waals surface area contributed by atoms with Crippen molar-refractivity contribution in [3.8, 4) is 11.3 Å². The van der Waals surface area contributed by atoms with Gasteiger partial charge in [0.05, 0.1) is 5.69 Å². The molecule has 100 valence electrons. The van der Waals surface area contributed by atoms with E-state index in [-0.39, 0.29) is 5.92 Å². The number of aromatic nitrogens is 2. The van der Waals surface area contributed by atoms with E-state index >= 15 is 0 Å². The Labute approximate surface area is 123 Å². The largest absolute Gasteiger partial charge is 0.232 e. The summed E-state index contributed by atoms with van der Waals surface area (Å²) in [4.78, 5) is 8.94. The van der Waals surface area contributed by atoms with Crippen molar-refractivity contribution in [1.29, 1.82) is 0 Å². The molecule has 0 radical (unpaired) electrons. The number of hydrogen-bond acceptors (Lipinski definition) is 2. The van der Waals surface area contributed by atoms with E-state index in [1.807, 2.05) is 45.9 Å². The van der Waals surface area contributed by atoms with Crippen LogP contribution in [0.2, 0.25) is 10.2 Å². The van der Waals surface area contributed by atoms with E-state index in [4.69, 9.17) is 23.2 Å². The number of aryl methyl sites for hydroxylation is 1. The fourth-order valence-corrected chi connectivity index (χ4v) is 2.14. The van der Waals surface area contributed by atoms with Crippen molar-refractivity contribution in [2.45, 2.75) is 33.6 Å². The number of hydrogen-bond donors (Lipinski definition) is 0. The molecular formula is C15H16Cl2N2. The van der Waals surface area contributed by atoms with Crippen molar-refractivity contribution in [2.75, 3.05) is 0 Å². The third kappa shape index (κ3) is 2.90. The molecule has 2 nitrogen and oxygen atoms in total. The highest BCUT2D eigenvalue weighted by Gasteiger charge is 2.13. The lowest BCUT2D eigenvalue weighted by atomic mass is 10.1. The first-order chi connectivity index (χ1) is 8.90. The summed E-state index contributed by atoms with van der Waals surface area (Å²) in [5.74, 6) is 0.986. The van der Waals surface area contributed by atoms with Gasteiger partial charge in [0, 0.05) is 22.1 Å². The molecule has 0 bridgehead atoms. The van der Waals surface area contributed by atoms with Crippen molar-refractivity contribution < 1.29 is 0 Å². The lowest BCUT2D eigenvalue weighted by Crippen LogP contribution is -2.02. The van der Waals surface area contributed by atoms with E-state index < -0.39 is 0 Å². The van der Waals surface area contributed by atoms with E-state index in [0.29, 0.717) is 5.15 Å². The second-order valence-corrected chi connectivity index (χ2v) is 5.73. The van der Waals surface area contributed by atoms with Gasteiger partial charge in [-0.1, -0.05) is 49.2 Å². The van der Waals surface area contributed by atoms with Crippen molar-refractivity contribution >= 4 is 23.2 Å². The molecule has 0 fully saturated rings. The molecule has 0 spiro atoms. The van der Waals surface area contributed by atoms with Gasteiger partial charge in [-0.05, 0) is 25.5 Å². The van der Waals surface area contributed by atoms with Crippen LogP contribution < -0.4 is 0 Å². The molecule has 1 aromatic carbocycles. The molecule has 0 aliphatic heterocycles. The zero-order valence-electron chi connectivity index (χ0n) is 11.5. The Balaban J connectivity index is 2.63. The first kappa shape index (κ1) is 14.3. The second-order valence-electron chi connectivity index (χ2n) is 4.96. The fourth-order valence-electron chi connectivity index (χ4n) is 1.78. The number of halogens is 2. The van der Waals surface area contributed by atoms with Crippen LogP contribution in [0.5, 0.6) is 0 Å². The van der Waals surface area contributed by atoms with Gasteiger partial charge < -0.3 is 0 Å². The summed E-state index contributed by atoms with van der Waals surface area (Å²) in [7, 11) is 0. The first-order valence-electron chi connectivity index (χ1n) is 6.20. The highest BCUT2D eigenvalue weighted by atomic mass is 35.5. The molecule has 0 saturated carbocycles. The third-order valence-corrected chi connectivity index (χ3v) is 3.84. The molecule has 0 amide bonds. The SMILES string of the molecule is Cc1ccc(-c2nc(C(C)C)nc(Cl)c2C)cc1Cl. The monoisotopic (exact) mass is 294 g/mol. The summed E-state index contributed by atoms with van der Waals surface area (Å²) in [5, 5.41) is 1.24. The molecule has 2 rings (SSSR count). The Morgan fingerprint density at radius 2 is 1.74 bits per heavy atom. The number of benzene rings is 1. The van der Waals surface area contributed by atoms with Gasteiger partial charge in [-0.2, -0.15) is 0 Å². The maximum Gasteiger partial charge on any atom is 0.136 e. The predicted molar refractivity (Wildman–Crippen MR) is 81.1 cm³/mol. The van der Waals surface area contributed by atoms with Crippen LogP contribution in [0, 0.1) is 13.8 Å². The van der Waals surface area contributed by atoms with E-state index in [0.717, 1.165) is 33.2 Å². The third-order valence-electron chi connectivity index (χ3n) is 3.07. The molecule has 0 aliphatic rings. The standard InChI is InChI=1S/C15H16Cl2N2/c1-8(2)15-18-13(10(4)14(17)19-15)11-6-5-9(3)12(16)7-11/h5-8H,1-4H3. The molecule has 1 heterocycles. The summed E-state index contributed by atoms with van der Waals surface area (Å²) in [6, 6.07) is 5.92. The molecule has 19 heavy (non-hydrogen) atoms. The Hall–Kier alpha value is -1.12. The van der Waals surface area contributed by atoms with E-state index in [1.54, 1.807) is 0 Å². The molecule has 0 aliphatic carbocycles. The highest BCUT2D eigenvalue weighted by molar-refractivity contribution is 6.31. The summed E-state index contributed by atoms with van der Waals surface area (Å²) in [5.41, 5.74) is 3.75. The van der Waals surface area contributed by atoms with Gasteiger partial charge in [-0.3, -0.25) is 0 Å². The average molecular weight is 295 g/mol. The Morgan fingerprint density at radius 1 is 1.05 bits per heavy atom. The molecular weight excluding hydrogens is 279 g/mol. The predicted octanol–water partition coefficient (Wildman–Crippen LogP) is 5.19. The van der Waals surface area contributed by atoms with Crippen molar-refractivity contribution in [1.82, 2.24) is 9.97 Å². The van der Waals surface area contributed by atoms with Gasteiger partial charge >= 0.3 is 0 Å². The fraction of sp³-hybridized carbons (Fsp3) is 0.333. The summed E-state index contributed by atoms with van der Waals surface area (Å²) < 4.78 is 0.